The van der Waals surface area contributed by atoms with Crippen molar-refractivity contribution in [2.45, 2.75) is 35.9 Å². The van der Waals surface area contributed by atoms with E-state index < -0.39 is 29.2 Å². The van der Waals surface area contributed by atoms with Crippen molar-refractivity contribution in [3.8, 4) is 11.1 Å². The maximum Gasteiger partial charge on any atom is 0.407 e. The molecular formula is C60H51N3O6. The third kappa shape index (κ3) is 9.27. The first-order valence-corrected chi connectivity index (χ1v) is 23.1. The van der Waals surface area contributed by atoms with Crippen LogP contribution in [0.1, 0.15) is 73.6 Å². The van der Waals surface area contributed by atoms with E-state index in [1.54, 1.807) is 31.3 Å². The number of rotatable bonds is 16. The molecule has 69 heavy (non-hydrogen) atoms. The normalized spacial score (nSPS) is 12.4. The molecule has 0 aliphatic heterocycles. The highest BCUT2D eigenvalue weighted by Gasteiger charge is 2.43. The Labute approximate surface area is 402 Å². The van der Waals surface area contributed by atoms with E-state index >= 15 is 4.79 Å². The SMILES string of the molecule is CNC(=O)c1ccc(C(OC(=O)[C@H](CCC(=O)NC(c2ccccc2)(c2ccccc2)c2ccccc2)NC(=O)OCC2c3ccccc3-c3ccccc32)(c2ccccc2)c2ccccc2)cc1. The third-order valence-corrected chi connectivity index (χ3v) is 12.9. The molecule has 3 amide bonds. The average Bonchev–Trinajstić information content (AvgIpc) is 3.74. The fourth-order valence-electron chi connectivity index (χ4n) is 9.60. The Bertz CT molecular complexity index is 2860. The van der Waals surface area contributed by atoms with Crippen LogP contribution in [0, 0.1) is 0 Å². The fourth-order valence-corrected chi connectivity index (χ4v) is 9.60. The zero-order valence-corrected chi connectivity index (χ0v) is 38.1. The molecule has 8 aromatic rings. The summed E-state index contributed by atoms with van der Waals surface area (Å²) in [4.78, 5) is 57.0. The van der Waals surface area contributed by atoms with E-state index in [1.165, 1.54) is 0 Å². The number of benzene rings is 8. The molecule has 9 nitrogen and oxygen atoms in total. The first-order chi connectivity index (χ1) is 33.8. The number of hydrogen-bond acceptors (Lipinski definition) is 6. The molecular weight excluding hydrogens is 859 g/mol. The number of hydrogen-bond donors (Lipinski definition) is 3. The molecule has 0 bridgehead atoms. The van der Waals surface area contributed by atoms with Crippen LogP contribution in [0.25, 0.3) is 11.1 Å². The van der Waals surface area contributed by atoms with E-state index in [9.17, 15) is 14.4 Å². The molecule has 0 radical (unpaired) electrons. The Hall–Kier alpha value is -8.56. The van der Waals surface area contributed by atoms with Gasteiger partial charge < -0.3 is 25.4 Å². The van der Waals surface area contributed by atoms with E-state index in [4.69, 9.17) is 9.47 Å². The number of carbonyl (C=O) groups excluding carboxylic acids is 4. The van der Waals surface area contributed by atoms with Gasteiger partial charge in [0.05, 0.1) is 0 Å². The molecule has 9 heteroatoms. The Morgan fingerprint density at radius 3 is 1.36 bits per heavy atom. The van der Waals surface area contributed by atoms with Gasteiger partial charge >= 0.3 is 12.1 Å². The van der Waals surface area contributed by atoms with Gasteiger partial charge in [0.2, 0.25) is 5.91 Å². The summed E-state index contributed by atoms with van der Waals surface area (Å²) >= 11 is 0. The minimum atomic E-state index is -1.58. The number of alkyl carbamates (subject to hydrolysis) is 1. The van der Waals surface area contributed by atoms with Gasteiger partial charge in [-0.1, -0.05) is 212 Å². The van der Waals surface area contributed by atoms with Crippen LogP contribution in [-0.2, 0) is 30.2 Å². The second-order valence-electron chi connectivity index (χ2n) is 16.9. The zero-order valence-electron chi connectivity index (χ0n) is 38.1. The minimum Gasteiger partial charge on any atom is -0.449 e. The summed E-state index contributed by atoms with van der Waals surface area (Å²) in [6, 6.07) is 69.5. The summed E-state index contributed by atoms with van der Waals surface area (Å²) < 4.78 is 12.9. The average molecular weight is 910 g/mol. The second kappa shape index (κ2) is 20.5. The lowest BCUT2D eigenvalue weighted by Gasteiger charge is -2.37. The molecule has 9 rings (SSSR count). The zero-order chi connectivity index (χ0) is 47.6. The number of ether oxygens (including phenoxy) is 2. The summed E-state index contributed by atoms with van der Waals surface area (Å²) in [5.41, 5.74) is 6.25. The predicted molar refractivity (Wildman–Crippen MR) is 267 cm³/mol. The standard InChI is InChI=1S/C60H51N3O6/c1-61-56(65)42-35-37-48(38-36-42)60(46-27-13-5-14-28-46,47-29-15-6-16-30-47)69-57(66)54(62-58(67)68-41-53-51-33-19-17-31-49(51)50-32-18-20-34-52(50)53)39-40-55(64)63-59(43-21-7-2-8-22-43,44-23-9-3-10-24-44)45-25-11-4-12-26-45/h2-38,53-54H,39-41H2,1H3,(H,61,65)(H,62,67)(H,63,64)/t54-/m0/s1. The van der Waals surface area contributed by atoms with Crippen molar-refractivity contribution >= 4 is 23.9 Å². The first-order valence-electron chi connectivity index (χ1n) is 23.1. The number of amides is 3. The smallest absolute Gasteiger partial charge is 0.407 e. The molecule has 342 valence electrons. The third-order valence-electron chi connectivity index (χ3n) is 12.9. The van der Waals surface area contributed by atoms with Gasteiger partial charge in [0.1, 0.15) is 18.2 Å². The Morgan fingerprint density at radius 1 is 0.507 bits per heavy atom. The van der Waals surface area contributed by atoms with E-state index in [1.807, 2.05) is 188 Å². The lowest BCUT2D eigenvalue weighted by Crippen LogP contribution is -2.49. The summed E-state index contributed by atoms with van der Waals surface area (Å²) in [6.45, 7) is 0.00547. The Kier molecular flexibility index (Phi) is 13.6. The largest absolute Gasteiger partial charge is 0.449 e. The van der Waals surface area contributed by atoms with Crippen LogP contribution in [0.4, 0.5) is 4.79 Å². The van der Waals surface area contributed by atoms with Crippen LogP contribution in [-0.4, -0.2) is 43.6 Å². The van der Waals surface area contributed by atoms with Crippen molar-refractivity contribution in [2.75, 3.05) is 13.7 Å². The molecule has 1 aliphatic rings. The van der Waals surface area contributed by atoms with Crippen molar-refractivity contribution < 1.29 is 28.7 Å². The lowest BCUT2D eigenvalue weighted by atomic mass is 9.77. The molecule has 1 aliphatic carbocycles. The number of nitrogens with one attached hydrogen (secondary N) is 3. The minimum absolute atomic E-state index is 0.00547. The van der Waals surface area contributed by atoms with Crippen LogP contribution in [0.5, 0.6) is 0 Å². The summed E-state index contributed by atoms with van der Waals surface area (Å²) in [5, 5.41) is 8.89. The van der Waals surface area contributed by atoms with Crippen molar-refractivity contribution in [3.05, 3.63) is 275 Å². The van der Waals surface area contributed by atoms with E-state index in [0.29, 0.717) is 22.3 Å². The molecule has 0 fully saturated rings. The fraction of sp³-hybridized carbons (Fsp3) is 0.133. The van der Waals surface area contributed by atoms with Gasteiger partial charge in [-0.25, -0.2) is 9.59 Å². The highest BCUT2D eigenvalue weighted by Crippen LogP contribution is 2.45. The highest BCUT2D eigenvalue weighted by atomic mass is 16.6. The number of esters is 1. The Morgan fingerprint density at radius 2 is 0.913 bits per heavy atom. The molecule has 0 spiro atoms. The maximum absolute atomic E-state index is 15.3. The van der Waals surface area contributed by atoms with Gasteiger partial charge in [-0.05, 0) is 57.5 Å². The molecule has 0 saturated carbocycles. The lowest BCUT2D eigenvalue weighted by molar-refractivity contribution is -0.156. The van der Waals surface area contributed by atoms with Crippen LogP contribution < -0.4 is 16.0 Å². The molecule has 8 aromatic carbocycles. The van der Waals surface area contributed by atoms with Crippen LogP contribution in [0.3, 0.4) is 0 Å². The molecule has 0 unspecified atom stereocenters. The number of fused-ring (bicyclic) bond motifs is 3. The summed E-state index contributed by atoms with van der Waals surface area (Å²) in [7, 11) is 1.56. The van der Waals surface area contributed by atoms with Crippen molar-refractivity contribution in [2.24, 2.45) is 0 Å². The van der Waals surface area contributed by atoms with Crippen LogP contribution in [0.2, 0.25) is 0 Å². The van der Waals surface area contributed by atoms with Crippen molar-refractivity contribution in [1.29, 1.82) is 0 Å². The predicted octanol–water partition coefficient (Wildman–Crippen LogP) is 10.7. The van der Waals surface area contributed by atoms with E-state index in [0.717, 1.165) is 38.9 Å². The molecule has 1 atom stereocenters. The van der Waals surface area contributed by atoms with E-state index in [2.05, 4.69) is 28.1 Å². The molecule has 0 saturated heterocycles. The quantitative estimate of drug-likeness (QED) is 0.0656. The summed E-state index contributed by atoms with van der Waals surface area (Å²) in [5.74, 6) is -1.69. The Balaban J connectivity index is 1.07. The van der Waals surface area contributed by atoms with Crippen molar-refractivity contribution in [1.82, 2.24) is 16.0 Å². The van der Waals surface area contributed by atoms with Crippen molar-refractivity contribution in [3.63, 3.8) is 0 Å². The topological polar surface area (TPSA) is 123 Å². The van der Waals surface area contributed by atoms with Gasteiger partial charge in [-0.3, -0.25) is 9.59 Å². The second-order valence-corrected chi connectivity index (χ2v) is 16.9. The van der Waals surface area contributed by atoms with Gasteiger partial charge in [0.15, 0.2) is 5.60 Å². The first kappa shape index (κ1) is 45.6. The van der Waals surface area contributed by atoms with Gasteiger partial charge in [0.25, 0.3) is 5.91 Å². The van der Waals surface area contributed by atoms with Gasteiger partial charge in [0, 0.05) is 41.6 Å². The van der Waals surface area contributed by atoms with Crippen LogP contribution in [0.15, 0.2) is 224 Å². The maximum atomic E-state index is 15.3. The molecule has 3 N–H and O–H groups in total. The number of carbonyl (C=O) groups is 4. The van der Waals surface area contributed by atoms with Crippen LogP contribution >= 0.6 is 0 Å². The van der Waals surface area contributed by atoms with Gasteiger partial charge in [-0.2, -0.15) is 0 Å². The molecule has 0 heterocycles. The highest BCUT2D eigenvalue weighted by molar-refractivity contribution is 5.94. The summed E-state index contributed by atoms with van der Waals surface area (Å²) in [6.07, 6.45) is -1.19. The van der Waals surface area contributed by atoms with Gasteiger partial charge in [-0.15, -0.1) is 0 Å². The molecule has 0 aromatic heterocycles. The monoisotopic (exact) mass is 909 g/mol. The van der Waals surface area contributed by atoms with E-state index in [-0.39, 0.29) is 37.2 Å².